The number of pyridine rings is 2. The third kappa shape index (κ3) is 3.37. The molecule has 0 aliphatic heterocycles. The lowest BCUT2D eigenvalue weighted by molar-refractivity contribution is 0.873. The number of benzene rings is 2. The number of aromatic nitrogens is 4. The maximum absolute atomic E-state index is 6.29. The van der Waals surface area contributed by atoms with Crippen LogP contribution in [0.3, 0.4) is 0 Å². The number of fused-ring (bicyclic) bond motifs is 1. The fourth-order valence-corrected chi connectivity index (χ4v) is 4.01. The van der Waals surface area contributed by atoms with Crippen molar-refractivity contribution in [2.24, 2.45) is 5.73 Å². The van der Waals surface area contributed by atoms with E-state index in [0.29, 0.717) is 5.69 Å². The summed E-state index contributed by atoms with van der Waals surface area (Å²) in [6, 6.07) is 25.8. The fraction of sp³-hybridized carbons (Fsp3) is 0.0400. The predicted octanol–water partition coefficient (Wildman–Crippen LogP) is 5.09. The molecule has 0 atom stereocenters. The van der Waals surface area contributed by atoms with Crippen molar-refractivity contribution < 1.29 is 0 Å². The highest BCUT2D eigenvalue weighted by Gasteiger charge is 2.25. The summed E-state index contributed by atoms with van der Waals surface area (Å²) in [5, 5.41) is 5.97. The zero-order valence-corrected chi connectivity index (χ0v) is 17.7. The van der Waals surface area contributed by atoms with Gasteiger partial charge in [-0.1, -0.05) is 54.7 Å². The number of rotatable bonds is 4. The quantitative estimate of drug-likeness (QED) is 0.409. The van der Waals surface area contributed by atoms with E-state index in [-0.39, 0.29) is 4.99 Å². The molecule has 0 radical (unpaired) electrons. The Morgan fingerprint density at radius 2 is 1.68 bits per heavy atom. The van der Waals surface area contributed by atoms with E-state index in [9.17, 15) is 0 Å². The molecule has 0 aliphatic carbocycles. The molecule has 5 aromatic rings. The third-order valence-corrected chi connectivity index (χ3v) is 5.36. The van der Waals surface area contributed by atoms with Gasteiger partial charge in [0, 0.05) is 22.8 Å². The van der Waals surface area contributed by atoms with Gasteiger partial charge in [0.25, 0.3) is 0 Å². The van der Waals surface area contributed by atoms with Crippen molar-refractivity contribution in [3.8, 4) is 28.2 Å². The first-order valence-electron chi connectivity index (χ1n) is 9.90. The van der Waals surface area contributed by atoms with E-state index in [1.165, 1.54) is 0 Å². The normalized spacial score (nSPS) is 11.0. The van der Waals surface area contributed by atoms with Gasteiger partial charge in [-0.15, -0.1) is 0 Å². The first-order chi connectivity index (χ1) is 15.1. The average molecular weight is 422 g/mol. The minimum Gasteiger partial charge on any atom is -0.388 e. The second-order valence-electron chi connectivity index (χ2n) is 7.22. The van der Waals surface area contributed by atoms with Crippen LogP contribution in [0.1, 0.15) is 11.4 Å². The molecule has 3 aromatic heterocycles. The van der Waals surface area contributed by atoms with Crippen LogP contribution in [0.4, 0.5) is 0 Å². The Bertz CT molecular complexity index is 1420. The number of hydrogen-bond acceptors (Lipinski definition) is 4. The van der Waals surface area contributed by atoms with Crippen LogP contribution in [0.15, 0.2) is 85.1 Å². The molecule has 5 rings (SSSR count). The molecule has 0 saturated heterocycles. The lowest BCUT2D eigenvalue weighted by Crippen LogP contribution is -2.16. The number of nitrogens with two attached hydrogens (primary N) is 1. The Morgan fingerprint density at radius 3 is 2.45 bits per heavy atom. The Balaban J connectivity index is 1.92. The van der Waals surface area contributed by atoms with Crippen molar-refractivity contribution in [3.05, 3.63) is 96.4 Å². The van der Waals surface area contributed by atoms with Crippen molar-refractivity contribution in [1.82, 2.24) is 19.7 Å². The van der Waals surface area contributed by atoms with Gasteiger partial charge in [0.1, 0.15) is 16.4 Å². The van der Waals surface area contributed by atoms with E-state index < -0.39 is 0 Å². The highest BCUT2D eigenvalue weighted by Crippen LogP contribution is 2.38. The van der Waals surface area contributed by atoms with Crippen molar-refractivity contribution in [2.75, 3.05) is 0 Å². The maximum Gasteiger partial charge on any atom is 0.123 e. The minimum absolute atomic E-state index is 0.270. The molecule has 0 saturated carbocycles. The molecule has 0 amide bonds. The van der Waals surface area contributed by atoms with Crippen LogP contribution in [0.5, 0.6) is 0 Å². The Morgan fingerprint density at radius 1 is 0.903 bits per heavy atom. The number of hydrogen-bond donors (Lipinski definition) is 1. The van der Waals surface area contributed by atoms with Crippen molar-refractivity contribution >= 4 is 28.1 Å². The monoisotopic (exact) mass is 421 g/mol. The molecule has 0 bridgehead atoms. The molecule has 0 fully saturated rings. The molecular weight excluding hydrogens is 402 g/mol. The van der Waals surface area contributed by atoms with Gasteiger partial charge in [0.2, 0.25) is 0 Å². The fourth-order valence-electron chi connectivity index (χ4n) is 3.82. The summed E-state index contributed by atoms with van der Waals surface area (Å²) >= 11 is 5.53. The zero-order chi connectivity index (χ0) is 21.4. The Kier molecular flexibility index (Phi) is 4.76. The second kappa shape index (κ2) is 7.74. The predicted molar refractivity (Wildman–Crippen MR) is 128 cm³/mol. The lowest BCUT2D eigenvalue weighted by Gasteiger charge is -2.11. The van der Waals surface area contributed by atoms with E-state index in [4.69, 9.17) is 28.0 Å². The van der Waals surface area contributed by atoms with Crippen LogP contribution in [-0.4, -0.2) is 24.7 Å². The minimum atomic E-state index is 0.270. The molecule has 5 nitrogen and oxygen atoms in total. The molecule has 2 aromatic carbocycles. The SMILES string of the molecule is Cc1cccc(-c2nn(-c3ccccc3)c(C(N)=S)c2-c2ccnc3ccccc23)n1. The van der Waals surface area contributed by atoms with Gasteiger partial charge in [-0.2, -0.15) is 5.10 Å². The Labute approximate surface area is 185 Å². The number of thiocarbonyl (C=S) groups is 1. The summed E-state index contributed by atoms with van der Waals surface area (Å²) in [6.07, 6.45) is 1.80. The van der Waals surface area contributed by atoms with E-state index >= 15 is 0 Å². The van der Waals surface area contributed by atoms with Crippen molar-refractivity contribution in [1.29, 1.82) is 0 Å². The third-order valence-electron chi connectivity index (χ3n) is 5.17. The molecule has 0 aliphatic rings. The average Bonchev–Trinajstić information content (AvgIpc) is 3.20. The number of aryl methyl sites for hydroxylation is 1. The Hall–Kier alpha value is -3.90. The summed E-state index contributed by atoms with van der Waals surface area (Å²) in [6.45, 7) is 1.97. The highest BCUT2D eigenvalue weighted by atomic mass is 32.1. The van der Waals surface area contributed by atoms with Crippen molar-refractivity contribution in [3.63, 3.8) is 0 Å². The summed E-state index contributed by atoms with van der Waals surface area (Å²) in [5.41, 5.74) is 13.0. The van der Waals surface area contributed by atoms with Crippen LogP contribution in [-0.2, 0) is 0 Å². The second-order valence-corrected chi connectivity index (χ2v) is 7.66. The topological polar surface area (TPSA) is 69.6 Å². The molecule has 6 heteroatoms. The smallest absolute Gasteiger partial charge is 0.123 e. The van der Waals surface area contributed by atoms with E-state index in [1.807, 2.05) is 90.5 Å². The lowest BCUT2D eigenvalue weighted by atomic mass is 9.97. The standard InChI is InChI=1S/C25H19N5S/c1-16-8-7-13-21(28-16)23-22(19-14-15-27-20-12-6-5-11-18(19)20)24(25(26)31)30(29-23)17-9-3-2-4-10-17/h2-15H,1H3,(H2,26,31). The van der Waals surface area contributed by atoms with Crippen LogP contribution in [0.2, 0.25) is 0 Å². The summed E-state index contributed by atoms with van der Waals surface area (Å²) in [5.74, 6) is 0. The first-order valence-corrected chi connectivity index (χ1v) is 10.3. The zero-order valence-electron chi connectivity index (χ0n) is 16.9. The van der Waals surface area contributed by atoms with Gasteiger partial charge in [0.05, 0.1) is 16.9 Å². The number of para-hydroxylation sites is 2. The van der Waals surface area contributed by atoms with Gasteiger partial charge >= 0.3 is 0 Å². The molecular formula is C25H19N5S. The van der Waals surface area contributed by atoms with Gasteiger partial charge in [-0.3, -0.25) is 9.97 Å². The summed E-state index contributed by atoms with van der Waals surface area (Å²) in [7, 11) is 0. The van der Waals surface area contributed by atoms with Gasteiger partial charge in [0.15, 0.2) is 0 Å². The highest BCUT2D eigenvalue weighted by molar-refractivity contribution is 7.80. The van der Waals surface area contributed by atoms with Crippen LogP contribution in [0, 0.1) is 6.92 Å². The van der Waals surface area contributed by atoms with Crippen molar-refractivity contribution in [2.45, 2.75) is 6.92 Å². The molecule has 0 spiro atoms. The van der Waals surface area contributed by atoms with E-state index in [0.717, 1.165) is 44.8 Å². The van der Waals surface area contributed by atoms with Gasteiger partial charge in [-0.05, 0) is 48.9 Å². The van der Waals surface area contributed by atoms with E-state index in [2.05, 4.69) is 4.98 Å². The van der Waals surface area contributed by atoms with Crippen LogP contribution in [0.25, 0.3) is 39.1 Å². The van der Waals surface area contributed by atoms with E-state index in [1.54, 1.807) is 6.20 Å². The molecule has 0 unspecified atom stereocenters. The van der Waals surface area contributed by atoms with Gasteiger partial charge < -0.3 is 5.73 Å². The number of nitrogens with zero attached hydrogens (tertiary/aromatic N) is 4. The largest absolute Gasteiger partial charge is 0.388 e. The van der Waals surface area contributed by atoms with Crippen LogP contribution >= 0.6 is 12.2 Å². The van der Waals surface area contributed by atoms with Gasteiger partial charge in [-0.25, -0.2) is 4.68 Å². The molecule has 31 heavy (non-hydrogen) atoms. The maximum atomic E-state index is 6.29. The summed E-state index contributed by atoms with van der Waals surface area (Å²) < 4.78 is 1.81. The van der Waals surface area contributed by atoms with Crippen LogP contribution < -0.4 is 5.73 Å². The first kappa shape index (κ1) is 19.1. The molecule has 150 valence electrons. The molecule has 3 heterocycles. The summed E-state index contributed by atoms with van der Waals surface area (Å²) in [4.78, 5) is 9.53. The molecule has 2 N–H and O–H groups in total.